The van der Waals surface area contributed by atoms with E-state index in [4.69, 9.17) is 5.73 Å². The lowest BCUT2D eigenvalue weighted by atomic mass is 9.68. The predicted molar refractivity (Wildman–Crippen MR) is 90.6 cm³/mol. The summed E-state index contributed by atoms with van der Waals surface area (Å²) >= 11 is 0. The second-order valence-electron chi connectivity index (χ2n) is 7.12. The molecule has 2 nitrogen and oxygen atoms in total. The molecule has 1 atom stereocenters. The van der Waals surface area contributed by atoms with Crippen LogP contribution < -0.4 is 10.6 Å². The van der Waals surface area contributed by atoms with Gasteiger partial charge in [-0.2, -0.15) is 0 Å². The largest absolute Gasteiger partial charge is 0.371 e. The molecule has 1 spiro atoms. The molecular formula is C19H30N2. The number of anilines is 1. The van der Waals surface area contributed by atoms with Gasteiger partial charge in [0, 0.05) is 24.8 Å². The van der Waals surface area contributed by atoms with Crippen molar-refractivity contribution < 1.29 is 0 Å². The standard InChI is InChI=1S/C19H30N2/c1-2-17(20)16-8-4-5-9-18(16)21-14-12-19(13-15-21)10-6-3-7-11-19/h4-5,8-9,17H,2-3,6-7,10-15,20H2,1H3. The molecule has 1 aromatic rings. The minimum absolute atomic E-state index is 0.173. The Kier molecular flexibility index (Phi) is 4.54. The first-order valence-electron chi connectivity index (χ1n) is 8.83. The van der Waals surface area contributed by atoms with E-state index in [-0.39, 0.29) is 6.04 Å². The fourth-order valence-corrected chi connectivity index (χ4v) is 4.33. The van der Waals surface area contributed by atoms with Crippen LogP contribution in [0, 0.1) is 5.41 Å². The van der Waals surface area contributed by atoms with Crippen LogP contribution in [0.25, 0.3) is 0 Å². The predicted octanol–water partition coefficient (Wildman–Crippen LogP) is 4.65. The molecule has 1 saturated carbocycles. The summed E-state index contributed by atoms with van der Waals surface area (Å²) in [5.74, 6) is 0. The molecule has 116 valence electrons. The van der Waals surface area contributed by atoms with Crippen LogP contribution >= 0.6 is 0 Å². The van der Waals surface area contributed by atoms with Gasteiger partial charge in [-0.15, -0.1) is 0 Å². The van der Waals surface area contributed by atoms with Gasteiger partial charge in [-0.25, -0.2) is 0 Å². The molecule has 1 aromatic carbocycles. The van der Waals surface area contributed by atoms with Gasteiger partial charge >= 0.3 is 0 Å². The van der Waals surface area contributed by atoms with Crippen LogP contribution in [-0.4, -0.2) is 13.1 Å². The summed E-state index contributed by atoms with van der Waals surface area (Å²) < 4.78 is 0. The van der Waals surface area contributed by atoms with Gasteiger partial charge in [-0.1, -0.05) is 44.4 Å². The van der Waals surface area contributed by atoms with Crippen molar-refractivity contribution in [3.8, 4) is 0 Å². The number of hydrogen-bond acceptors (Lipinski definition) is 2. The Balaban J connectivity index is 1.72. The lowest BCUT2D eigenvalue weighted by Gasteiger charge is -2.45. The molecule has 0 amide bonds. The summed E-state index contributed by atoms with van der Waals surface area (Å²) in [7, 11) is 0. The lowest BCUT2D eigenvalue weighted by molar-refractivity contribution is 0.144. The number of nitrogens with two attached hydrogens (primary N) is 1. The van der Waals surface area contributed by atoms with E-state index in [0.717, 1.165) is 6.42 Å². The summed E-state index contributed by atoms with van der Waals surface area (Å²) in [4.78, 5) is 2.59. The third-order valence-electron chi connectivity index (χ3n) is 5.86. The van der Waals surface area contributed by atoms with Gasteiger partial charge < -0.3 is 10.6 Å². The molecule has 2 heteroatoms. The zero-order chi connectivity index (χ0) is 14.7. The van der Waals surface area contributed by atoms with E-state index in [2.05, 4.69) is 36.1 Å². The maximum absolute atomic E-state index is 6.31. The van der Waals surface area contributed by atoms with Gasteiger partial charge in [0.2, 0.25) is 0 Å². The zero-order valence-corrected chi connectivity index (χ0v) is 13.5. The Labute approximate surface area is 129 Å². The van der Waals surface area contributed by atoms with E-state index in [0.29, 0.717) is 5.41 Å². The van der Waals surface area contributed by atoms with E-state index in [1.54, 1.807) is 0 Å². The Hall–Kier alpha value is -1.02. The van der Waals surface area contributed by atoms with E-state index in [9.17, 15) is 0 Å². The summed E-state index contributed by atoms with van der Waals surface area (Å²) in [6, 6.07) is 8.94. The minimum atomic E-state index is 0.173. The van der Waals surface area contributed by atoms with Gasteiger partial charge in [-0.05, 0) is 49.1 Å². The number of para-hydroxylation sites is 1. The number of nitrogens with zero attached hydrogens (tertiary/aromatic N) is 1. The molecular weight excluding hydrogens is 256 g/mol. The topological polar surface area (TPSA) is 29.3 Å². The van der Waals surface area contributed by atoms with Crippen molar-refractivity contribution in [2.75, 3.05) is 18.0 Å². The fraction of sp³-hybridized carbons (Fsp3) is 0.684. The van der Waals surface area contributed by atoms with Crippen molar-refractivity contribution in [1.82, 2.24) is 0 Å². The summed E-state index contributed by atoms with van der Waals surface area (Å²) in [6.07, 6.45) is 11.1. The van der Waals surface area contributed by atoms with E-state index < -0.39 is 0 Å². The van der Waals surface area contributed by atoms with Gasteiger partial charge in [0.15, 0.2) is 0 Å². The molecule has 1 heterocycles. The molecule has 3 rings (SSSR count). The van der Waals surface area contributed by atoms with Crippen molar-refractivity contribution in [3.63, 3.8) is 0 Å². The second-order valence-corrected chi connectivity index (χ2v) is 7.12. The zero-order valence-electron chi connectivity index (χ0n) is 13.5. The molecule has 0 radical (unpaired) electrons. The molecule has 1 unspecified atom stereocenters. The Bertz CT molecular complexity index is 452. The lowest BCUT2D eigenvalue weighted by Crippen LogP contribution is -2.41. The first-order chi connectivity index (χ1) is 10.2. The molecule has 2 aliphatic rings. The summed E-state index contributed by atoms with van der Waals surface area (Å²) in [5.41, 5.74) is 9.71. The number of benzene rings is 1. The Morgan fingerprint density at radius 2 is 1.71 bits per heavy atom. The molecule has 0 aromatic heterocycles. The normalized spacial score (nSPS) is 23.2. The SMILES string of the molecule is CCC(N)c1ccccc1N1CCC2(CCCCC2)CC1. The van der Waals surface area contributed by atoms with Gasteiger partial charge in [0.1, 0.15) is 0 Å². The molecule has 0 bridgehead atoms. The molecule has 1 aliphatic carbocycles. The molecule has 21 heavy (non-hydrogen) atoms. The summed E-state index contributed by atoms with van der Waals surface area (Å²) in [6.45, 7) is 4.61. The van der Waals surface area contributed by atoms with Crippen LogP contribution in [0.2, 0.25) is 0 Å². The van der Waals surface area contributed by atoms with Crippen LogP contribution in [0.1, 0.15) is 69.9 Å². The third kappa shape index (κ3) is 3.11. The quantitative estimate of drug-likeness (QED) is 0.876. The van der Waals surface area contributed by atoms with Crippen molar-refractivity contribution in [2.45, 2.75) is 64.3 Å². The van der Waals surface area contributed by atoms with Crippen LogP contribution in [0.5, 0.6) is 0 Å². The highest BCUT2D eigenvalue weighted by Gasteiger charge is 2.35. The Morgan fingerprint density at radius 3 is 2.38 bits per heavy atom. The number of rotatable bonds is 3. The number of hydrogen-bond donors (Lipinski definition) is 1. The van der Waals surface area contributed by atoms with Crippen LogP contribution in [0.3, 0.4) is 0 Å². The van der Waals surface area contributed by atoms with Crippen molar-refractivity contribution >= 4 is 5.69 Å². The first kappa shape index (κ1) is 14.9. The van der Waals surface area contributed by atoms with E-state index >= 15 is 0 Å². The highest BCUT2D eigenvalue weighted by molar-refractivity contribution is 5.55. The number of piperidine rings is 1. The highest BCUT2D eigenvalue weighted by atomic mass is 15.1. The van der Waals surface area contributed by atoms with Gasteiger partial charge in [-0.3, -0.25) is 0 Å². The maximum Gasteiger partial charge on any atom is 0.0414 e. The minimum Gasteiger partial charge on any atom is -0.371 e. The fourth-order valence-electron chi connectivity index (χ4n) is 4.33. The van der Waals surface area contributed by atoms with Crippen LogP contribution in [-0.2, 0) is 0 Å². The first-order valence-corrected chi connectivity index (χ1v) is 8.83. The average molecular weight is 286 g/mol. The third-order valence-corrected chi connectivity index (χ3v) is 5.86. The molecule has 2 fully saturated rings. The van der Waals surface area contributed by atoms with Crippen LogP contribution in [0.4, 0.5) is 5.69 Å². The van der Waals surface area contributed by atoms with Crippen molar-refractivity contribution in [3.05, 3.63) is 29.8 Å². The highest BCUT2D eigenvalue weighted by Crippen LogP contribution is 2.45. The molecule has 1 saturated heterocycles. The molecule has 2 N–H and O–H groups in total. The van der Waals surface area contributed by atoms with E-state index in [1.807, 2.05) is 0 Å². The maximum atomic E-state index is 6.31. The monoisotopic (exact) mass is 286 g/mol. The van der Waals surface area contributed by atoms with Crippen molar-refractivity contribution in [1.29, 1.82) is 0 Å². The van der Waals surface area contributed by atoms with Gasteiger partial charge in [0.05, 0.1) is 0 Å². The smallest absolute Gasteiger partial charge is 0.0414 e. The van der Waals surface area contributed by atoms with E-state index in [1.165, 1.54) is 69.3 Å². The van der Waals surface area contributed by atoms with Crippen molar-refractivity contribution in [2.24, 2.45) is 11.1 Å². The summed E-state index contributed by atoms with van der Waals surface area (Å²) in [5, 5.41) is 0. The molecule has 1 aliphatic heterocycles. The average Bonchev–Trinajstić information content (AvgIpc) is 2.56. The van der Waals surface area contributed by atoms with Gasteiger partial charge in [0.25, 0.3) is 0 Å². The second kappa shape index (κ2) is 6.39. The Morgan fingerprint density at radius 1 is 1.05 bits per heavy atom. The van der Waals surface area contributed by atoms with Crippen LogP contribution in [0.15, 0.2) is 24.3 Å².